The van der Waals surface area contributed by atoms with Crippen LogP contribution in [-0.2, 0) is 24.8 Å². The lowest BCUT2D eigenvalue weighted by Crippen LogP contribution is -2.38. The second-order valence-corrected chi connectivity index (χ2v) is 8.67. The first kappa shape index (κ1) is 20.6. The maximum Gasteiger partial charge on any atom is 0.229 e. The average Bonchev–Trinajstić information content (AvgIpc) is 3.34. The number of aryl methyl sites for hydroxylation is 1. The molecule has 6 nitrogen and oxygen atoms in total. The number of amides is 1. The van der Waals surface area contributed by atoms with Crippen LogP contribution in [0, 0.1) is 17.6 Å². The second kappa shape index (κ2) is 9.01. The first-order valence-corrected chi connectivity index (χ1v) is 10.7. The number of anilines is 1. The van der Waals surface area contributed by atoms with Crippen molar-refractivity contribution in [1.82, 2.24) is 19.4 Å². The van der Waals surface area contributed by atoms with Crippen molar-refractivity contribution in [2.75, 3.05) is 18.4 Å². The van der Waals surface area contributed by atoms with Gasteiger partial charge in [0.05, 0.1) is 6.54 Å². The van der Waals surface area contributed by atoms with Crippen molar-refractivity contribution >= 4 is 22.4 Å². The van der Waals surface area contributed by atoms with E-state index in [1.165, 1.54) is 17.4 Å². The summed E-state index contributed by atoms with van der Waals surface area (Å²) < 4.78 is 28.4. The van der Waals surface area contributed by atoms with Crippen LogP contribution in [0.25, 0.3) is 0 Å². The zero-order valence-corrected chi connectivity index (χ0v) is 17.5. The van der Waals surface area contributed by atoms with Gasteiger partial charge in [-0.05, 0) is 43.6 Å². The summed E-state index contributed by atoms with van der Waals surface area (Å²) in [4.78, 5) is 24.4. The van der Waals surface area contributed by atoms with Gasteiger partial charge in [-0.2, -0.15) is 0 Å². The normalized spacial score (nSPS) is 15.4. The lowest BCUT2D eigenvalue weighted by molar-refractivity contribution is -0.121. The Morgan fingerprint density at radius 2 is 2.03 bits per heavy atom. The zero-order valence-electron chi connectivity index (χ0n) is 16.6. The highest BCUT2D eigenvalue weighted by Gasteiger charge is 2.26. The van der Waals surface area contributed by atoms with Crippen molar-refractivity contribution in [3.63, 3.8) is 0 Å². The molecule has 0 radical (unpaired) electrons. The Labute approximate surface area is 177 Å². The van der Waals surface area contributed by atoms with Gasteiger partial charge in [0, 0.05) is 42.9 Å². The van der Waals surface area contributed by atoms with Gasteiger partial charge in [-0.25, -0.2) is 18.7 Å². The molecule has 0 atom stereocenters. The van der Waals surface area contributed by atoms with Crippen LogP contribution >= 0.6 is 11.3 Å². The molecule has 0 aliphatic carbocycles. The van der Waals surface area contributed by atoms with E-state index in [0.29, 0.717) is 17.1 Å². The Balaban J connectivity index is 1.27. The number of carbonyl (C=O) groups excluding carboxylic acids is 1. The summed E-state index contributed by atoms with van der Waals surface area (Å²) >= 11 is 1.35. The molecule has 1 aliphatic heterocycles. The molecule has 1 fully saturated rings. The van der Waals surface area contributed by atoms with Gasteiger partial charge in [0.2, 0.25) is 5.91 Å². The molecule has 158 valence electrons. The summed E-state index contributed by atoms with van der Waals surface area (Å²) in [6, 6.07) is 3.86. The molecule has 4 rings (SSSR count). The number of hydrogen-bond donors (Lipinski definition) is 1. The average molecular weight is 432 g/mol. The van der Waals surface area contributed by atoms with E-state index in [0.717, 1.165) is 49.2 Å². The minimum atomic E-state index is -0.861. The van der Waals surface area contributed by atoms with E-state index < -0.39 is 11.6 Å². The number of benzene rings is 1. The van der Waals surface area contributed by atoms with Crippen LogP contribution in [0.15, 0.2) is 36.8 Å². The van der Waals surface area contributed by atoms with Crippen molar-refractivity contribution in [3.05, 3.63) is 64.7 Å². The predicted octanol–water partition coefficient (Wildman–Crippen LogP) is 3.60. The van der Waals surface area contributed by atoms with Gasteiger partial charge in [0.1, 0.15) is 5.82 Å². The number of hydrogen-bond acceptors (Lipinski definition) is 5. The predicted molar refractivity (Wildman–Crippen MR) is 111 cm³/mol. The number of carbonyl (C=O) groups is 1. The molecule has 1 amide bonds. The number of rotatable bonds is 6. The summed E-state index contributed by atoms with van der Waals surface area (Å²) in [6.45, 7) is 2.49. The number of imidazole rings is 1. The standard InChI is InChI=1S/C21H23F2N5OS/c1-27-9-6-24-19(27)13-28-7-4-15(5-8-28)20(29)26-21-25-12-16(30-21)10-14-2-3-17(22)18(23)11-14/h2-3,6,9,11-12,15H,4-5,7-8,10,13H2,1H3,(H,25,26,29). The van der Waals surface area contributed by atoms with E-state index in [1.807, 2.05) is 17.8 Å². The fourth-order valence-corrected chi connectivity index (χ4v) is 4.46. The molecular weight excluding hydrogens is 408 g/mol. The summed E-state index contributed by atoms with van der Waals surface area (Å²) in [7, 11) is 1.98. The van der Waals surface area contributed by atoms with Crippen molar-refractivity contribution < 1.29 is 13.6 Å². The van der Waals surface area contributed by atoms with E-state index in [9.17, 15) is 13.6 Å². The molecule has 3 heterocycles. The third-order valence-electron chi connectivity index (χ3n) is 5.39. The lowest BCUT2D eigenvalue weighted by Gasteiger charge is -2.30. The highest BCUT2D eigenvalue weighted by Crippen LogP contribution is 2.25. The summed E-state index contributed by atoms with van der Waals surface area (Å²) in [6.07, 6.45) is 7.43. The monoisotopic (exact) mass is 431 g/mol. The highest BCUT2D eigenvalue weighted by atomic mass is 32.1. The van der Waals surface area contributed by atoms with Crippen LogP contribution < -0.4 is 5.32 Å². The van der Waals surface area contributed by atoms with Gasteiger partial charge in [-0.1, -0.05) is 6.07 Å². The molecule has 30 heavy (non-hydrogen) atoms. The fourth-order valence-electron chi connectivity index (χ4n) is 3.61. The summed E-state index contributed by atoms with van der Waals surface area (Å²) in [5, 5.41) is 3.44. The number of nitrogens with zero attached hydrogens (tertiary/aromatic N) is 4. The Morgan fingerprint density at radius 3 is 2.73 bits per heavy atom. The van der Waals surface area contributed by atoms with Crippen molar-refractivity contribution in [3.8, 4) is 0 Å². The minimum absolute atomic E-state index is 0.0135. The number of halogens is 2. The molecule has 0 spiro atoms. The number of thiazole rings is 1. The van der Waals surface area contributed by atoms with Gasteiger partial charge >= 0.3 is 0 Å². The molecule has 1 aromatic carbocycles. The van der Waals surface area contributed by atoms with Gasteiger partial charge < -0.3 is 9.88 Å². The number of nitrogens with one attached hydrogen (secondary N) is 1. The molecule has 0 unspecified atom stereocenters. The Morgan fingerprint density at radius 1 is 1.23 bits per heavy atom. The smallest absolute Gasteiger partial charge is 0.229 e. The van der Waals surface area contributed by atoms with Crippen molar-refractivity contribution in [2.24, 2.45) is 13.0 Å². The maximum absolute atomic E-state index is 13.4. The highest BCUT2D eigenvalue weighted by molar-refractivity contribution is 7.15. The van der Waals surface area contributed by atoms with Gasteiger partial charge in [0.25, 0.3) is 0 Å². The minimum Gasteiger partial charge on any atom is -0.337 e. The Kier molecular flexibility index (Phi) is 6.19. The fraction of sp³-hybridized carbons (Fsp3) is 0.381. The van der Waals surface area contributed by atoms with Crippen LogP contribution in [0.4, 0.5) is 13.9 Å². The van der Waals surface area contributed by atoms with Crippen LogP contribution in [0.5, 0.6) is 0 Å². The van der Waals surface area contributed by atoms with Crippen LogP contribution in [0.2, 0.25) is 0 Å². The van der Waals surface area contributed by atoms with E-state index in [2.05, 4.69) is 20.2 Å². The van der Waals surface area contributed by atoms with E-state index in [-0.39, 0.29) is 11.8 Å². The van der Waals surface area contributed by atoms with Crippen molar-refractivity contribution in [1.29, 1.82) is 0 Å². The third-order valence-corrected chi connectivity index (χ3v) is 6.30. The molecule has 2 aromatic heterocycles. The van der Waals surface area contributed by atoms with Gasteiger partial charge in [-0.15, -0.1) is 11.3 Å². The largest absolute Gasteiger partial charge is 0.337 e. The van der Waals surface area contributed by atoms with E-state index in [4.69, 9.17) is 0 Å². The third kappa shape index (κ3) is 4.91. The zero-order chi connectivity index (χ0) is 21.1. The molecule has 1 saturated heterocycles. The first-order valence-electron chi connectivity index (χ1n) is 9.86. The number of likely N-dealkylation sites (tertiary alicyclic amines) is 1. The molecule has 1 aliphatic rings. The Hall–Kier alpha value is -2.65. The Bertz CT molecular complexity index is 1030. The molecule has 0 bridgehead atoms. The van der Waals surface area contributed by atoms with Gasteiger partial charge in [0.15, 0.2) is 16.8 Å². The summed E-state index contributed by atoms with van der Waals surface area (Å²) in [5.41, 5.74) is 0.663. The maximum atomic E-state index is 13.4. The van der Waals surface area contributed by atoms with E-state index in [1.54, 1.807) is 18.5 Å². The molecule has 9 heteroatoms. The number of aromatic nitrogens is 3. The SMILES string of the molecule is Cn1ccnc1CN1CCC(C(=O)Nc2ncc(Cc3ccc(F)c(F)c3)s2)CC1. The van der Waals surface area contributed by atoms with Crippen LogP contribution in [-0.4, -0.2) is 38.4 Å². The second-order valence-electron chi connectivity index (χ2n) is 7.55. The molecule has 1 N–H and O–H groups in total. The number of piperidine rings is 1. The topological polar surface area (TPSA) is 63.1 Å². The van der Waals surface area contributed by atoms with Gasteiger partial charge in [-0.3, -0.25) is 9.69 Å². The van der Waals surface area contributed by atoms with Crippen LogP contribution in [0.3, 0.4) is 0 Å². The molecule has 0 saturated carbocycles. The molecule has 3 aromatic rings. The molecular formula is C21H23F2N5OS. The summed E-state index contributed by atoms with van der Waals surface area (Å²) in [5.74, 6) is -0.752. The quantitative estimate of drug-likeness (QED) is 0.648. The van der Waals surface area contributed by atoms with E-state index >= 15 is 0 Å². The lowest BCUT2D eigenvalue weighted by atomic mass is 9.96. The van der Waals surface area contributed by atoms with Crippen molar-refractivity contribution in [2.45, 2.75) is 25.8 Å². The first-order chi connectivity index (χ1) is 14.5. The van der Waals surface area contributed by atoms with Crippen LogP contribution in [0.1, 0.15) is 29.1 Å².